The van der Waals surface area contributed by atoms with Crippen LogP contribution in [0.3, 0.4) is 0 Å². The highest BCUT2D eigenvalue weighted by atomic mass is 16.5. The summed E-state index contributed by atoms with van der Waals surface area (Å²) in [5.74, 6) is 2.19. The van der Waals surface area contributed by atoms with E-state index < -0.39 is 0 Å². The number of hydrogen-bond acceptors (Lipinski definition) is 6. The van der Waals surface area contributed by atoms with E-state index in [0.29, 0.717) is 17.9 Å². The smallest absolute Gasteiger partial charge is 0.228 e. The van der Waals surface area contributed by atoms with E-state index in [4.69, 9.17) is 9.26 Å². The van der Waals surface area contributed by atoms with Gasteiger partial charge >= 0.3 is 0 Å². The molecule has 6 nitrogen and oxygen atoms in total. The molecule has 1 saturated heterocycles. The fourth-order valence-corrected chi connectivity index (χ4v) is 2.97. The molecule has 0 aromatic carbocycles. The van der Waals surface area contributed by atoms with Gasteiger partial charge in [0.2, 0.25) is 11.7 Å². The van der Waals surface area contributed by atoms with Gasteiger partial charge in [0.1, 0.15) is 6.10 Å². The summed E-state index contributed by atoms with van der Waals surface area (Å²) in [6, 6.07) is 0.976. The van der Waals surface area contributed by atoms with Crippen LogP contribution in [0.15, 0.2) is 4.52 Å². The summed E-state index contributed by atoms with van der Waals surface area (Å²) >= 11 is 0. The Morgan fingerprint density at radius 3 is 2.86 bits per heavy atom. The number of ether oxygens (including phenoxy) is 1. The van der Waals surface area contributed by atoms with Gasteiger partial charge in [0, 0.05) is 31.6 Å². The zero-order valence-electron chi connectivity index (χ0n) is 13.2. The molecule has 118 valence electrons. The lowest BCUT2D eigenvalue weighted by atomic mass is 10.1. The molecule has 1 aliphatic carbocycles. The third-order valence-corrected chi connectivity index (χ3v) is 4.56. The van der Waals surface area contributed by atoms with Crippen molar-refractivity contribution < 1.29 is 9.26 Å². The number of nitrogens with zero attached hydrogens (tertiary/aromatic N) is 3. The maximum atomic E-state index is 5.81. The van der Waals surface area contributed by atoms with Gasteiger partial charge in [-0.2, -0.15) is 4.98 Å². The van der Waals surface area contributed by atoms with Crippen molar-refractivity contribution >= 4 is 0 Å². The number of aromatic nitrogens is 2. The van der Waals surface area contributed by atoms with Gasteiger partial charge in [-0.25, -0.2) is 0 Å². The molecule has 2 atom stereocenters. The molecule has 1 aromatic heterocycles. The van der Waals surface area contributed by atoms with Crippen LogP contribution in [0.2, 0.25) is 0 Å². The Kier molecular flexibility index (Phi) is 4.57. The lowest BCUT2D eigenvalue weighted by Gasteiger charge is -2.34. The maximum absolute atomic E-state index is 5.81. The average molecular weight is 294 g/mol. The highest BCUT2D eigenvalue weighted by molar-refractivity contribution is 4.98. The van der Waals surface area contributed by atoms with E-state index in [0.717, 1.165) is 37.9 Å². The van der Waals surface area contributed by atoms with Crippen molar-refractivity contribution in [3.8, 4) is 0 Å². The highest BCUT2D eigenvalue weighted by Gasteiger charge is 2.32. The molecule has 0 bridgehead atoms. The molecule has 2 fully saturated rings. The molecule has 21 heavy (non-hydrogen) atoms. The average Bonchev–Trinajstić information content (AvgIpc) is 3.23. The van der Waals surface area contributed by atoms with Crippen molar-refractivity contribution in [1.29, 1.82) is 0 Å². The maximum Gasteiger partial charge on any atom is 0.228 e. The summed E-state index contributed by atoms with van der Waals surface area (Å²) < 4.78 is 11.2. The molecule has 0 radical (unpaired) electrons. The SMILES string of the molecule is CNC(Cc1nc(C2CN(C(C)C)CCO2)no1)C1CC1. The number of hydrogen-bond donors (Lipinski definition) is 1. The molecule has 1 aromatic rings. The Hall–Kier alpha value is -0.980. The normalized spacial score (nSPS) is 25.4. The van der Waals surface area contributed by atoms with Gasteiger partial charge in [-0.05, 0) is 39.7 Å². The van der Waals surface area contributed by atoms with Gasteiger partial charge in [0.15, 0.2) is 0 Å². The lowest BCUT2D eigenvalue weighted by molar-refractivity contribution is -0.0450. The summed E-state index contributed by atoms with van der Waals surface area (Å²) in [7, 11) is 2.00. The topological polar surface area (TPSA) is 63.4 Å². The molecular weight excluding hydrogens is 268 g/mol. The van der Waals surface area contributed by atoms with E-state index in [1.807, 2.05) is 7.05 Å². The van der Waals surface area contributed by atoms with Gasteiger partial charge < -0.3 is 14.6 Å². The van der Waals surface area contributed by atoms with Gasteiger partial charge in [-0.1, -0.05) is 5.16 Å². The van der Waals surface area contributed by atoms with Gasteiger partial charge in [0.05, 0.1) is 6.61 Å². The number of rotatable bonds is 6. The molecule has 0 spiro atoms. The molecular formula is C15H26N4O2. The Labute approximate surface area is 126 Å². The van der Waals surface area contributed by atoms with Crippen LogP contribution in [-0.4, -0.2) is 53.9 Å². The first kappa shape index (κ1) is 14.9. The number of likely N-dealkylation sites (N-methyl/N-ethyl adjacent to an activating group) is 1. The molecule has 2 aliphatic rings. The molecule has 0 amide bonds. The second kappa shape index (κ2) is 6.42. The molecule has 1 aliphatic heterocycles. The predicted octanol–water partition coefficient (Wildman–Crippen LogP) is 1.39. The van der Waals surface area contributed by atoms with Crippen molar-refractivity contribution in [3.05, 3.63) is 11.7 Å². The standard InChI is InChI=1S/C15H26N4O2/c1-10(2)19-6-7-20-13(9-19)15-17-14(21-18-15)8-12(16-3)11-4-5-11/h10-13,16H,4-9H2,1-3H3. The fourth-order valence-electron chi connectivity index (χ4n) is 2.97. The van der Waals surface area contributed by atoms with Crippen molar-refractivity contribution in [1.82, 2.24) is 20.4 Å². The second-order valence-corrected chi connectivity index (χ2v) is 6.43. The second-order valence-electron chi connectivity index (χ2n) is 6.43. The van der Waals surface area contributed by atoms with Crippen molar-refractivity contribution in [3.63, 3.8) is 0 Å². The van der Waals surface area contributed by atoms with E-state index in [1.165, 1.54) is 12.8 Å². The fraction of sp³-hybridized carbons (Fsp3) is 0.867. The zero-order valence-corrected chi connectivity index (χ0v) is 13.2. The summed E-state index contributed by atoms with van der Waals surface area (Å²) in [4.78, 5) is 6.95. The minimum atomic E-state index is -0.0624. The monoisotopic (exact) mass is 294 g/mol. The number of morpholine rings is 1. The van der Waals surface area contributed by atoms with E-state index in [2.05, 4.69) is 34.2 Å². The number of nitrogens with one attached hydrogen (secondary N) is 1. The minimum absolute atomic E-state index is 0.0624. The molecule has 3 rings (SSSR count). The first-order valence-electron chi connectivity index (χ1n) is 8.02. The van der Waals surface area contributed by atoms with E-state index >= 15 is 0 Å². The van der Waals surface area contributed by atoms with E-state index in [1.54, 1.807) is 0 Å². The third-order valence-electron chi connectivity index (χ3n) is 4.56. The van der Waals surface area contributed by atoms with Crippen molar-refractivity contribution in [2.45, 2.75) is 51.3 Å². The van der Waals surface area contributed by atoms with Crippen molar-refractivity contribution in [2.75, 3.05) is 26.7 Å². The van der Waals surface area contributed by atoms with Crippen LogP contribution in [0.25, 0.3) is 0 Å². The van der Waals surface area contributed by atoms with Crippen molar-refractivity contribution in [2.24, 2.45) is 5.92 Å². The highest BCUT2D eigenvalue weighted by Crippen LogP contribution is 2.33. The predicted molar refractivity (Wildman–Crippen MR) is 79.0 cm³/mol. The van der Waals surface area contributed by atoms with Crippen LogP contribution in [0.4, 0.5) is 0 Å². The van der Waals surface area contributed by atoms with Crippen LogP contribution in [0.1, 0.15) is 44.5 Å². The van der Waals surface area contributed by atoms with Crippen LogP contribution in [0, 0.1) is 5.92 Å². The van der Waals surface area contributed by atoms with Gasteiger partial charge in [-0.15, -0.1) is 0 Å². The first-order valence-corrected chi connectivity index (χ1v) is 8.02. The first-order chi connectivity index (χ1) is 10.2. The van der Waals surface area contributed by atoms with Crippen LogP contribution >= 0.6 is 0 Å². The Balaban J connectivity index is 1.61. The Morgan fingerprint density at radius 1 is 1.38 bits per heavy atom. The minimum Gasteiger partial charge on any atom is -0.367 e. The zero-order chi connectivity index (χ0) is 14.8. The molecule has 1 N–H and O–H groups in total. The Bertz CT molecular complexity index is 458. The molecule has 2 unspecified atom stereocenters. The molecule has 1 saturated carbocycles. The summed E-state index contributed by atoms with van der Waals surface area (Å²) in [6.07, 6.45) is 3.37. The van der Waals surface area contributed by atoms with Crippen LogP contribution in [-0.2, 0) is 11.2 Å². The third kappa shape index (κ3) is 3.62. The largest absolute Gasteiger partial charge is 0.367 e. The van der Waals surface area contributed by atoms with Gasteiger partial charge in [0.25, 0.3) is 0 Å². The molecule has 2 heterocycles. The quantitative estimate of drug-likeness (QED) is 0.855. The van der Waals surface area contributed by atoms with Gasteiger partial charge in [-0.3, -0.25) is 4.90 Å². The van der Waals surface area contributed by atoms with E-state index in [9.17, 15) is 0 Å². The Morgan fingerprint density at radius 2 is 2.19 bits per heavy atom. The summed E-state index contributed by atoms with van der Waals surface area (Å²) in [6.45, 7) is 6.96. The summed E-state index contributed by atoms with van der Waals surface area (Å²) in [5.41, 5.74) is 0. The van der Waals surface area contributed by atoms with E-state index in [-0.39, 0.29) is 6.10 Å². The molecule has 6 heteroatoms. The van der Waals surface area contributed by atoms with Crippen LogP contribution < -0.4 is 5.32 Å². The summed E-state index contributed by atoms with van der Waals surface area (Å²) in [5, 5.41) is 7.49. The lowest BCUT2D eigenvalue weighted by Crippen LogP contribution is -2.42. The van der Waals surface area contributed by atoms with Crippen LogP contribution in [0.5, 0.6) is 0 Å².